The second-order valence-electron chi connectivity index (χ2n) is 8.59. The molecule has 0 saturated carbocycles. The number of hydrogen-bond donors (Lipinski definition) is 2. The van der Waals surface area contributed by atoms with Crippen molar-refractivity contribution in [1.29, 1.82) is 0 Å². The van der Waals surface area contributed by atoms with Crippen LogP contribution in [0.1, 0.15) is 38.8 Å². The minimum atomic E-state index is -1.72. The minimum absolute atomic E-state index is 0. The van der Waals surface area contributed by atoms with E-state index in [9.17, 15) is 10.2 Å². The van der Waals surface area contributed by atoms with E-state index in [0.29, 0.717) is 11.5 Å². The van der Waals surface area contributed by atoms with Crippen LogP contribution in [0.2, 0.25) is 38.3 Å². The summed E-state index contributed by atoms with van der Waals surface area (Å²) in [6.07, 6.45) is 3.92. The Morgan fingerprint density at radius 1 is 0.655 bits per heavy atom. The summed E-state index contributed by atoms with van der Waals surface area (Å²) in [5.74, 6) is 0.800. The molecule has 2 N–H and O–H groups in total. The number of aromatic hydroxyl groups is 2. The van der Waals surface area contributed by atoms with Crippen molar-refractivity contribution >= 4 is 16.6 Å². The molecule has 0 amide bonds. The van der Waals surface area contributed by atoms with Gasteiger partial charge in [0.2, 0.25) is 0 Å². The van der Waals surface area contributed by atoms with Gasteiger partial charge in [0.1, 0.15) is 11.5 Å². The van der Waals surface area contributed by atoms with Crippen LogP contribution in [0.5, 0.6) is 11.5 Å². The molecule has 29 heavy (non-hydrogen) atoms. The molecule has 0 saturated heterocycles. The number of hydrogen-bond acceptors (Lipinski definition) is 3. The van der Waals surface area contributed by atoms with Gasteiger partial charge in [-0.25, -0.2) is 0 Å². The SMILES string of the molecule is C.C.C[Si](C)(CCCc1ccccc1O)O[Si](C)(C)CCCc1ccccc1O. The van der Waals surface area contributed by atoms with Gasteiger partial charge in [-0.05, 0) is 87.2 Å². The van der Waals surface area contributed by atoms with Crippen LogP contribution in [0.15, 0.2) is 48.5 Å². The maximum atomic E-state index is 9.91. The molecule has 0 bridgehead atoms. The normalized spacial score (nSPS) is 11.4. The van der Waals surface area contributed by atoms with Crippen LogP contribution in [0, 0.1) is 0 Å². The molecule has 0 radical (unpaired) electrons. The van der Waals surface area contributed by atoms with Gasteiger partial charge in [-0.1, -0.05) is 51.3 Å². The van der Waals surface area contributed by atoms with Gasteiger partial charge >= 0.3 is 0 Å². The Labute approximate surface area is 181 Å². The monoisotopic (exact) mass is 434 g/mol. The third-order valence-corrected chi connectivity index (χ3v) is 12.5. The highest BCUT2D eigenvalue weighted by atomic mass is 28.4. The highest BCUT2D eigenvalue weighted by Gasteiger charge is 2.32. The third kappa shape index (κ3) is 9.65. The molecule has 0 aliphatic carbocycles. The fourth-order valence-corrected chi connectivity index (χ4v) is 12.6. The average Bonchev–Trinajstić information content (AvgIpc) is 2.57. The van der Waals surface area contributed by atoms with E-state index in [-0.39, 0.29) is 14.9 Å². The van der Waals surface area contributed by atoms with Crippen molar-refractivity contribution in [3.05, 3.63) is 59.7 Å². The molecule has 0 unspecified atom stereocenters. The van der Waals surface area contributed by atoms with Crippen molar-refractivity contribution in [2.75, 3.05) is 0 Å². The minimum Gasteiger partial charge on any atom is -0.508 e. The van der Waals surface area contributed by atoms with Gasteiger partial charge < -0.3 is 14.3 Å². The van der Waals surface area contributed by atoms with Crippen molar-refractivity contribution in [2.45, 2.75) is 78.8 Å². The van der Waals surface area contributed by atoms with E-state index in [1.165, 1.54) is 0 Å². The van der Waals surface area contributed by atoms with E-state index in [1.807, 2.05) is 36.4 Å². The van der Waals surface area contributed by atoms with Gasteiger partial charge in [0.05, 0.1) is 0 Å². The Morgan fingerprint density at radius 3 is 1.34 bits per heavy atom. The molecule has 0 aliphatic rings. The summed E-state index contributed by atoms with van der Waals surface area (Å²) in [5, 5.41) is 19.8. The van der Waals surface area contributed by atoms with Gasteiger partial charge in [-0.2, -0.15) is 0 Å². The first-order valence-electron chi connectivity index (χ1n) is 9.92. The maximum Gasteiger partial charge on any atom is 0.173 e. The van der Waals surface area contributed by atoms with Gasteiger partial charge in [0.15, 0.2) is 16.6 Å². The van der Waals surface area contributed by atoms with Crippen molar-refractivity contribution in [3.8, 4) is 11.5 Å². The Morgan fingerprint density at radius 2 is 1.00 bits per heavy atom. The topological polar surface area (TPSA) is 49.7 Å². The zero-order valence-corrected chi connectivity index (χ0v) is 19.2. The zero-order valence-electron chi connectivity index (χ0n) is 17.2. The lowest BCUT2D eigenvalue weighted by atomic mass is 10.1. The van der Waals surface area contributed by atoms with Gasteiger partial charge in [0, 0.05) is 0 Å². The molecule has 5 heteroatoms. The number of phenolic OH excluding ortho intramolecular Hbond substituents is 2. The van der Waals surface area contributed by atoms with Crippen molar-refractivity contribution < 1.29 is 14.3 Å². The number of benzene rings is 2. The van der Waals surface area contributed by atoms with Crippen LogP contribution < -0.4 is 0 Å². The molecular weight excluding hydrogens is 392 g/mol. The Hall–Kier alpha value is -1.57. The molecule has 2 rings (SSSR count). The highest BCUT2D eigenvalue weighted by molar-refractivity contribution is 6.84. The summed E-state index contributed by atoms with van der Waals surface area (Å²) in [6, 6.07) is 17.4. The van der Waals surface area contributed by atoms with Crippen LogP contribution in [0.4, 0.5) is 0 Å². The van der Waals surface area contributed by atoms with Crippen LogP contribution in [-0.4, -0.2) is 26.8 Å². The van der Waals surface area contributed by atoms with Gasteiger partial charge in [0.25, 0.3) is 0 Å². The Kier molecular flexibility index (Phi) is 11.5. The quantitative estimate of drug-likeness (QED) is 0.384. The molecule has 2 aromatic carbocycles. The zero-order chi connectivity index (χ0) is 19.9. The molecule has 0 atom stereocenters. The summed E-state index contributed by atoms with van der Waals surface area (Å²) in [7, 11) is -3.44. The summed E-state index contributed by atoms with van der Waals surface area (Å²) in [5.41, 5.74) is 2.06. The second-order valence-corrected chi connectivity index (χ2v) is 17.4. The number of aryl methyl sites for hydroxylation is 2. The van der Waals surface area contributed by atoms with E-state index in [1.54, 1.807) is 12.1 Å². The number of rotatable bonds is 10. The van der Waals surface area contributed by atoms with E-state index < -0.39 is 16.6 Å². The van der Waals surface area contributed by atoms with E-state index in [0.717, 1.165) is 48.9 Å². The summed E-state index contributed by atoms with van der Waals surface area (Å²) < 4.78 is 6.71. The molecule has 3 nitrogen and oxygen atoms in total. The van der Waals surface area contributed by atoms with Crippen molar-refractivity contribution in [1.82, 2.24) is 0 Å². The smallest absolute Gasteiger partial charge is 0.173 e. The van der Waals surface area contributed by atoms with Gasteiger partial charge in [-0.3, -0.25) is 0 Å². The van der Waals surface area contributed by atoms with Gasteiger partial charge in [-0.15, -0.1) is 0 Å². The lowest BCUT2D eigenvalue weighted by Crippen LogP contribution is -2.44. The standard InChI is InChI=1S/C22H34O3Si2.2CH4/c1-26(2,17-9-13-19-11-5-7-15-21(19)23)25-27(3,4)18-10-14-20-12-6-8-16-22(20)24;;/h5-8,11-12,15-16,23-24H,9-10,13-14,17-18H2,1-4H3;2*1H4. The van der Waals surface area contributed by atoms with Crippen molar-refractivity contribution in [2.24, 2.45) is 0 Å². The molecule has 0 spiro atoms. The van der Waals surface area contributed by atoms with E-state index in [4.69, 9.17) is 4.12 Å². The predicted octanol–water partition coefficient (Wildman–Crippen LogP) is 7.36. The fraction of sp³-hybridized carbons (Fsp3) is 0.500. The molecule has 0 aromatic heterocycles. The van der Waals surface area contributed by atoms with E-state index >= 15 is 0 Å². The van der Waals surface area contributed by atoms with Crippen LogP contribution in [-0.2, 0) is 17.0 Å². The van der Waals surface area contributed by atoms with Crippen LogP contribution >= 0.6 is 0 Å². The lowest BCUT2D eigenvalue weighted by Gasteiger charge is -2.34. The van der Waals surface area contributed by atoms with Crippen LogP contribution in [0.3, 0.4) is 0 Å². The van der Waals surface area contributed by atoms with Crippen LogP contribution in [0.25, 0.3) is 0 Å². The molecule has 0 aliphatic heterocycles. The molecule has 0 heterocycles. The Bertz CT molecular complexity index is 668. The highest BCUT2D eigenvalue weighted by Crippen LogP contribution is 2.27. The third-order valence-electron chi connectivity index (χ3n) is 4.99. The fourth-order valence-electron chi connectivity index (χ4n) is 3.70. The maximum absolute atomic E-state index is 9.91. The first kappa shape index (κ1) is 27.4. The first-order valence-corrected chi connectivity index (χ1v) is 16.2. The van der Waals surface area contributed by atoms with Crippen molar-refractivity contribution in [3.63, 3.8) is 0 Å². The lowest BCUT2D eigenvalue weighted by molar-refractivity contribution is 0.466. The summed E-state index contributed by atoms with van der Waals surface area (Å²) in [6.45, 7) is 9.26. The average molecular weight is 435 g/mol. The molecule has 0 fully saturated rings. The summed E-state index contributed by atoms with van der Waals surface area (Å²) >= 11 is 0. The molecular formula is C24H42O3Si2. The summed E-state index contributed by atoms with van der Waals surface area (Å²) in [4.78, 5) is 0. The van der Waals surface area contributed by atoms with E-state index in [2.05, 4.69) is 26.2 Å². The largest absolute Gasteiger partial charge is 0.508 e. The second kappa shape index (κ2) is 12.2. The number of phenols is 2. The first-order chi connectivity index (χ1) is 12.7. The number of para-hydroxylation sites is 2. The Balaban J connectivity index is 0.00000392. The predicted molar refractivity (Wildman–Crippen MR) is 132 cm³/mol. The molecule has 164 valence electrons. The molecule has 2 aromatic rings.